The summed E-state index contributed by atoms with van der Waals surface area (Å²) in [4.78, 5) is 13.6. The van der Waals surface area contributed by atoms with E-state index >= 15 is 0 Å². The summed E-state index contributed by atoms with van der Waals surface area (Å²) >= 11 is 0. The van der Waals surface area contributed by atoms with Gasteiger partial charge in [0.05, 0.1) is 11.7 Å². The van der Waals surface area contributed by atoms with Crippen LogP contribution in [0.5, 0.6) is 0 Å². The number of carbonyl (C=O) groups is 1. The lowest BCUT2D eigenvalue weighted by Gasteiger charge is -2.15. The number of hydrogen-bond donors (Lipinski definition) is 1. The number of hydrogen-bond acceptors (Lipinski definition) is 2. The normalized spacial score (nSPS) is 19.0. The van der Waals surface area contributed by atoms with E-state index < -0.39 is 0 Å². The van der Waals surface area contributed by atoms with Crippen molar-refractivity contribution in [1.82, 2.24) is 15.1 Å². The number of H-pyrrole nitrogens is 1. The molecule has 1 aliphatic heterocycles. The van der Waals surface area contributed by atoms with E-state index in [1.54, 1.807) is 6.20 Å². The number of nitrogens with one attached hydrogen (secondary N) is 1. The van der Waals surface area contributed by atoms with Gasteiger partial charge < -0.3 is 4.90 Å². The molecule has 96 valence electrons. The third-order valence-corrected chi connectivity index (χ3v) is 3.63. The molecule has 0 saturated carbocycles. The lowest BCUT2D eigenvalue weighted by Crippen LogP contribution is -2.27. The van der Waals surface area contributed by atoms with Crippen molar-refractivity contribution in [2.75, 3.05) is 13.1 Å². The van der Waals surface area contributed by atoms with Gasteiger partial charge in [0.25, 0.3) is 0 Å². The van der Waals surface area contributed by atoms with Gasteiger partial charge in [-0.25, -0.2) is 0 Å². The minimum Gasteiger partial charge on any atom is -0.341 e. The summed E-state index contributed by atoms with van der Waals surface area (Å²) < 4.78 is 0. The Hall–Kier alpha value is -2.28. The Morgan fingerprint density at radius 1 is 1.53 bits per heavy atom. The van der Waals surface area contributed by atoms with E-state index in [1.807, 2.05) is 11.0 Å². The van der Waals surface area contributed by atoms with Gasteiger partial charge in [-0.1, -0.05) is 12.1 Å². The number of fused-ring (bicyclic) bond motifs is 1. The van der Waals surface area contributed by atoms with E-state index in [9.17, 15) is 4.79 Å². The van der Waals surface area contributed by atoms with E-state index in [0.29, 0.717) is 13.0 Å². The summed E-state index contributed by atoms with van der Waals surface area (Å²) in [6, 6.07) is 6.21. The average molecular weight is 253 g/mol. The first-order valence-corrected chi connectivity index (χ1v) is 6.42. The maximum Gasteiger partial charge on any atom is 0.223 e. The first kappa shape index (κ1) is 11.8. The lowest BCUT2D eigenvalue weighted by atomic mass is 10.1. The number of likely N-dealkylation sites (tertiary alicyclic amines) is 1. The van der Waals surface area contributed by atoms with Crippen molar-refractivity contribution in [2.24, 2.45) is 5.92 Å². The predicted octanol–water partition coefficient (Wildman–Crippen LogP) is 1.59. The van der Waals surface area contributed by atoms with Gasteiger partial charge >= 0.3 is 0 Å². The van der Waals surface area contributed by atoms with Crippen LogP contribution in [0.1, 0.15) is 12.0 Å². The first-order valence-electron chi connectivity index (χ1n) is 6.42. The molecule has 4 heteroatoms. The van der Waals surface area contributed by atoms with Crippen LogP contribution in [0.15, 0.2) is 24.4 Å². The van der Waals surface area contributed by atoms with Crippen LogP contribution < -0.4 is 0 Å². The largest absolute Gasteiger partial charge is 0.341 e. The smallest absolute Gasteiger partial charge is 0.223 e. The van der Waals surface area contributed by atoms with Gasteiger partial charge in [0, 0.05) is 30.8 Å². The molecule has 4 nitrogen and oxygen atoms in total. The second-order valence-electron chi connectivity index (χ2n) is 4.95. The Kier molecular flexibility index (Phi) is 2.96. The molecule has 0 bridgehead atoms. The van der Waals surface area contributed by atoms with Crippen molar-refractivity contribution in [2.45, 2.75) is 12.8 Å². The third-order valence-electron chi connectivity index (χ3n) is 3.63. The molecule has 1 aromatic heterocycles. The molecule has 3 rings (SSSR count). The number of rotatable bonds is 3. The van der Waals surface area contributed by atoms with Crippen LogP contribution in [0.25, 0.3) is 10.9 Å². The highest BCUT2D eigenvalue weighted by Gasteiger charge is 2.27. The topological polar surface area (TPSA) is 49.0 Å². The van der Waals surface area contributed by atoms with Crippen molar-refractivity contribution in [1.29, 1.82) is 0 Å². The number of aromatic nitrogens is 2. The van der Waals surface area contributed by atoms with E-state index in [0.717, 1.165) is 23.9 Å². The summed E-state index contributed by atoms with van der Waals surface area (Å²) in [5, 5.41) is 8.06. The summed E-state index contributed by atoms with van der Waals surface area (Å²) in [5.41, 5.74) is 2.24. The zero-order valence-corrected chi connectivity index (χ0v) is 10.6. The van der Waals surface area contributed by atoms with Crippen molar-refractivity contribution < 1.29 is 4.79 Å². The second kappa shape index (κ2) is 4.77. The number of terminal acetylenes is 1. The fourth-order valence-corrected chi connectivity index (χ4v) is 2.50. The number of nitrogens with zero attached hydrogens (tertiary/aromatic N) is 2. The Morgan fingerprint density at radius 3 is 3.21 bits per heavy atom. The van der Waals surface area contributed by atoms with Crippen LogP contribution in [0.3, 0.4) is 0 Å². The molecule has 1 N–H and O–H groups in total. The molecule has 1 amide bonds. The second-order valence-corrected chi connectivity index (χ2v) is 4.95. The van der Waals surface area contributed by atoms with E-state index in [1.165, 1.54) is 5.56 Å². The van der Waals surface area contributed by atoms with Gasteiger partial charge in [0.2, 0.25) is 5.91 Å². The fraction of sp³-hybridized carbons (Fsp3) is 0.333. The van der Waals surface area contributed by atoms with Gasteiger partial charge in [-0.15, -0.1) is 12.3 Å². The maximum atomic E-state index is 11.8. The quantitative estimate of drug-likeness (QED) is 0.844. The summed E-state index contributed by atoms with van der Waals surface area (Å²) in [6.07, 6.45) is 8.52. The van der Waals surface area contributed by atoms with Crippen molar-refractivity contribution >= 4 is 16.8 Å². The summed E-state index contributed by atoms with van der Waals surface area (Å²) in [7, 11) is 0. The van der Waals surface area contributed by atoms with E-state index in [-0.39, 0.29) is 11.8 Å². The van der Waals surface area contributed by atoms with Gasteiger partial charge in [0.1, 0.15) is 0 Å². The van der Waals surface area contributed by atoms with Crippen molar-refractivity contribution in [3.63, 3.8) is 0 Å². The molecule has 2 aromatic rings. The molecule has 0 spiro atoms. The molecule has 1 aliphatic rings. The number of carbonyl (C=O) groups excluding carboxylic acids is 1. The number of amides is 1. The Balaban J connectivity index is 1.66. The van der Waals surface area contributed by atoms with Crippen molar-refractivity contribution in [3.05, 3.63) is 30.0 Å². The Labute approximate surface area is 111 Å². The Morgan fingerprint density at radius 2 is 2.42 bits per heavy atom. The van der Waals surface area contributed by atoms with Gasteiger partial charge in [-0.2, -0.15) is 5.10 Å². The first-order chi connectivity index (χ1) is 9.26. The molecule has 2 heterocycles. The average Bonchev–Trinajstić information content (AvgIpc) is 3.02. The van der Waals surface area contributed by atoms with Crippen LogP contribution in [0, 0.1) is 18.3 Å². The molecule has 1 fully saturated rings. The van der Waals surface area contributed by atoms with Gasteiger partial charge in [-0.05, 0) is 18.1 Å². The highest BCUT2D eigenvalue weighted by Crippen LogP contribution is 2.18. The molecule has 0 aliphatic carbocycles. The maximum absolute atomic E-state index is 11.8. The highest BCUT2D eigenvalue weighted by atomic mass is 16.2. The fourth-order valence-electron chi connectivity index (χ4n) is 2.50. The SMILES string of the molecule is C#CC1CC(=O)N(CCc2ccc3cn[nH]c3c2)C1. The van der Waals surface area contributed by atoms with Crippen LogP contribution >= 0.6 is 0 Å². The molecule has 19 heavy (non-hydrogen) atoms. The zero-order chi connectivity index (χ0) is 13.2. The molecule has 1 saturated heterocycles. The highest BCUT2D eigenvalue weighted by molar-refractivity contribution is 5.79. The van der Waals surface area contributed by atoms with Gasteiger partial charge in [-0.3, -0.25) is 9.89 Å². The minimum atomic E-state index is 0.0857. The minimum absolute atomic E-state index is 0.0857. The molecule has 0 radical (unpaired) electrons. The summed E-state index contributed by atoms with van der Waals surface area (Å²) in [6.45, 7) is 1.43. The standard InChI is InChI=1S/C15H15N3O/c1-2-11-8-15(19)18(10-11)6-5-12-3-4-13-9-16-17-14(13)7-12/h1,3-4,7,9,11H,5-6,8,10H2,(H,16,17). The van der Waals surface area contributed by atoms with E-state index in [4.69, 9.17) is 6.42 Å². The molecule has 1 unspecified atom stereocenters. The number of aromatic amines is 1. The molecular weight excluding hydrogens is 238 g/mol. The molecule has 1 atom stereocenters. The number of benzene rings is 1. The van der Waals surface area contributed by atoms with Crippen LogP contribution in [-0.2, 0) is 11.2 Å². The molecular formula is C15H15N3O. The third kappa shape index (κ3) is 2.32. The van der Waals surface area contributed by atoms with Gasteiger partial charge in [0.15, 0.2) is 0 Å². The van der Waals surface area contributed by atoms with Crippen molar-refractivity contribution in [3.8, 4) is 12.3 Å². The van der Waals surface area contributed by atoms with Crippen LogP contribution in [0.2, 0.25) is 0 Å². The van der Waals surface area contributed by atoms with Crippen LogP contribution in [-0.4, -0.2) is 34.1 Å². The lowest BCUT2D eigenvalue weighted by molar-refractivity contribution is -0.127. The predicted molar refractivity (Wildman–Crippen MR) is 73.3 cm³/mol. The monoisotopic (exact) mass is 253 g/mol. The zero-order valence-electron chi connectivity index (χ0n) is 10.6. The Bertz CT molecular complexity index is 653. The molecule has 1 aromatic carbocycles. The van der Waals surface area contributed by atoms with E-state index in [2.05, 4.69) is 28.3 Å². The summed E-state index contributed by atoms with van der Waals surface area (Å²) in [5.74, 6) is 2.92. The van der Waals surface area contributed by atoms with Crippen LogP contribution in [0.4, 0.5) is 0 Å².